The molecule has 16 heavy (non-hydrogen) atoms. The van der Waals surface area contributed by atoms with Crippen LogP contribution >= 0.6 is 0 Å². The molecule has 5 heteroatoms. The Morgan fingerprint density at radius 3 is 2.81 bits per heavy atom. The van der Waals surface area contributed by atoms with Gasteiger partial charge in [0.15, 0.2) is 0 Å². The first-order chi connectivity index (χ1) is 7.65. The van der Waals surface area contributed by atoms with Crippen molar-refractivity contribution in [2.24, 2.45) is 0 Å². The van der Waals surface area contributed by atoms with Crippen molar-refractivity contribution >= 4 is 11.9 Å². The Hall–Kier alpha value is -1.78. The average Bonchev–Trinajstić information content (AvgIpc) is 2.78. The minimum Gasteiger partial charge on any atom is -0.459 e. The van der Waals surface area contributed by atoms with Gasteiger partial charge in [0.2, 0.25) is 0 Å². The van der Waals surface area contributed by atoms with E-state index in [2.05, 4.69) is 9.72 Å². The molecule has 0 atom stereocenters. The smallest absolute Gasteiger partial charge is 0.396 e. The quantitative estimate of drug-likeness (QED) is 0.601. The summed E-state index contributed by atoms with van der Waals surface area (Å²) in [6.45, 7) is 2.37. The molecule has 0 aliphatic rings. The van der Waals surface area contributed by atoms with Crippen molar-refractivity contribution in [3.8, 4) is 0 Å². The number of amides is 1. The van der Waals surface area contributed by atoms with Crippen LogP contribution < -0.4 is 0 Å². The van der Waals surface area contributed by atoms with Gasteiger partial charge in [-0.25, -0.2) is 4.79 Å². The molecule has 0 radical (unpaired) electrons. The molecule has 0 bridgehead atoms. The van der Waals surface area contributed by atoms with Crippen molar-refractivity contribution in [2.45, 2.75) is 13.3 Å². The third-order valence-electron chi connectivity index (χ3n) is 2.18. The highest BCUT2D eigenvalue weighted by Crippen LogP contribution is 1.98. The number of rotatable bonds is 4. The summed E-state index contributed by atoms with van der Waals surface area (Å²) < 4.78 is 4.62. The van der Waals surface area contributed by atoms with Crippen LogP contribution in [0.2, 0.25) is 0 Å². The number of carbonyl (C=O) groups excluding carboxylic acids is 2. The Bertz CT molecular complexity index is 346. The van der Waals surface area contributed by atoms with Crippen LogP contribution in [0, 0.1) is 0 Å². The van der Waals surface area contributed by atoms with Gasteiger partial charge in [-0.3, -0.25) is 4.79 Å². The average molecular weight is 224 g/mol. The summed E-state index contributed by atoms with van der Waals surface area (Å²) in [5.41, 5.74) is 1.03. The second-order valence-corrected chi connectivity index (χ2v) is 3.39. The van der Waals surface area contributed by atoms with Gasteiger partial charge in [-0.1, -0.05) is 0 Å². The third kappa shape index (κ3) is 3.42. The van der Waals surface area contributed by atoms with Gasteiger partial charge < -0.3 is 14.6 Å². The predicted octanol–water partition coefficient (Wildman–Crippen LogP) is 0.579. The fourth-order valence-electron chi connectivity index (χ4n) is 1.26. The molecule has 1 aromatic heterocycles. The summed E-state index contributed by atoms with van der Waals surface area (Å²) in [6, 6.07) is 3.82. The van der Waals surface area contributed by atoms with Crippen LogP contribution in [0.15, 0.2) is 18.3 Å². The zero-order valence-corrected chi connectivity index (χ0v) is 9.53. The Labute approximate surface area is 94.4 Å². The van der Waals surface area contributed by atoms with E-state index in [1.165, 1.54) is 4.90 Å². The summed E-state index contributed by atoms with van der Waals surface area (Å²) in [5, 5.41) is 0. The van der Waals surface area contributed by atoms with Crippen molar-refractivity contribution in [3.63, 3.8) is 0 Å². The van der Waals surface area contributed by atoms with Gasteiger partial charge in [-0.05, 0) is 19.1 Å². The second-order valence-electron chi connectivity index (χ2n) is 3.39. The summed E-state index contributed by atoms with van der Waals surface area (Å²) >= 11 is 0. The lowest BCUT2D eigenvalue weighted by Crippen LogP contribution is -2.35. The topological polar surface area (TPSA) is 62.4 Å². The number of nitrogens with zero attached hydrogens (tertiary/aromatic N) is 1. The van der Waals surface area contributed by atoms with Gasteiger partial charge in [-0.15, -0.1) is 0 Å². The second kappa shape index (κ2) is 5.95. The third-order valence-corrected chi connectivity index (χ3v) is 2.18. The van der Waals surface area contributed by atoms with E-state index in [0.717, 1.165) is 5.69 Å². The van der Waals surface area contributed by atoms with E-state index in [1.807, 2.05) is 18.3 Å². The van der Waals surface area contributed by atoms with Crippen molar-refractivity contribution < 1.29 is 14.3 Å². The Kier molecular flexibility index (Phi) is 4.57. The fraction of sp³-hybridized carbons (Fsp3) is 0.455. The molecule has 0 aromatic carbocycles. The van der Waals surface area contributed by atoms with E-state index in [9.17, 15) is 9.59 Å². The lowest BCUT2D eigenvalue weighted by molar-refractivity contribution is -0.159. The van der Waals surface area contributed by atoms with Crippen molar-refractivity contribution in [3.05, 3.63) is 24.0 Å². The van der Waals surface area contributed by atoms with Gasteiger partial charge in [-0.2, -0.15) is 0 Å². The van der Waals surface area contributed by atoms with Crippen LogP contribution in [-0.4, -0.2) is 42.0 Å². The van der Waals surface area contributed by atoms with Crippen molar-refractivity contribution in [1.82, 2.24) is 9.88 Å². The molecule has 88 valence electrons. The maximum absolute atomic E-state index is 11.4. The van der Waals surface area contributed by atoms with E-state index in [1.54, 1.807) is 14.0 Å². The van der Waals surface area contributed by atoms with Gasteiger partial charge >= 0.3 is 11.9 Å². The minimum atomic E-state index is -0.795. The fourth-order valence-corrected chi connectivity index (χ4v) is 1.26. The van der Waals surface area contributed by atoms with Crippen LogP contribution in [-0.2, 0) is 20.7 Å². The molecule has 1 N–H and O–H groups in total. The number of H-pyrrole nitrogens is 1. The number of carbonyl (C=O) groups is 2. The van der Waals surface area contributed by atoms with E-state index in [0.29, 0.717) is 13.0 Å². The van der Waals surface area contributed by atoms with E-state index in [4.69, 9.17) is 0 Å². The molecule has 0 fully saturated rings. The number of likely N-dealkylation sites (N-methyl/N-ethyl adjacent to an activating group) is 1. The Balaban J connectivity index is 2.37. The number of aromatic nitrogens is 1. The Morgan fingerprint density at radius 2 is 2.25 bits per heavy atom. The van der Waals surface area contributed by atoms with E-state index in [-0.39, 0.29) is 6.61 Å². The highest BCUT2D eigenvalue weighted by Gasteiger charge is 2.19. The lowest BCUT2D eigenvalue weighted by Gasteiger charge is -2.15. The predicted molar refractivity (Wildman–Crippen MR) is 58.8 cm³/mol. The lowest BCUT2D eigenvalue weighted by atomic mass is 10.3. The normalized spacial score (nSPS) is 9.88. The summed E-state index contributed by atoms with van der Waals surface area (Å²) in [5.74, 6) is -1.40. The largest absolute Gasteiger partial charge is 0.459 e. The zero-order chi connectivity index (χ0) is 12.0. The SMILES string of the molecule is CCOC(=O)C(=O)N(C)CCc1ccc[nH]1. The number of hydrogen-bond donors (Lipinski definition) is 1. The molecule has 1 aromatic rings. The first-order valence-electron chi connectivity index (χ1n) is 5.19. The van der Waals surface area contributed by atoms with Gasteiger partial charge in [0.25, 0.3) is 0 Å². The maximum Gasteiger partial charge on any atom is 0.396 e. The molecule has 0 unspecified atom stereocenters. The first-order valence-corrected chi connectivity index (χ1v) is 5.19. The van der Waals surface area contributed by atoms with Crippen molar-refractivity contribution in [2.75, 3.05) is 20.2 Å². The molecule has 1 rings (SSSR count). The van der Waals surface area contributed by atoms with Crippen LogP contribution in [0.1, 0.15) is 12.6 Å². The highest BCUT2D eigenvalue weighted by molar-refractivity contribution is 6.32. The standard InChI is InChI=1S/C11H16N2O3/c1-3-16-11(15)10(14)13(2)8-6-9-5-4-7-12-9/h4-5,7,12H,3,6,8H2,1-2H3. The molecule has 5 nitrogen and oxygen atoms in total. The van der Waals surface area contributed by atoms with E-state index >= 15 is 0 Å². The van der Waals surface area contributed by atoms with E-state index < -0.39 is 11.9 Å². The number of aromatic amines is 1. The monoisotopic (exact) mass is 224 g/mol. The molecule has 1 heterocycles. The van der Waals surface area contributed by atoms with Crippen LogP contribution in [0.3, 0.4) is 0 Å². The van der Waals surface area contributed by atoms with Crippen molar-refractivity contribution in [1.29, 1.82) is 0 Å². The molecule has 0 spiro atoms. The Morgan fingerprint density at radius 1 is 1.50 bits per heavy atom. The minimum absolute atomic E-state index is 0.217. The molecule has 0 saturated heterocycles. The van der Waals surface area contributed by atoms with Gasteiger partial charge in [0.05, 0.1) is 6.61 Å². The molecular weight excluding hydrogens is 208 g/mol. The summed E-state index contributed by atoms with van der Waals surface area (Å²) in [4.78, 5) is 26.9. The molecule has 0 aliphatic heterocycles. The highest BCUT2D eigenvalue weighted by atomic mass is 16.5. The van der Waals surface area contributed by atoms with Crippen LogP contribution in [0.25, 0.3) is 0 Å². The number of ether oxygens (including phenoxy) is 1. The molecule has 0 saturated carbocycles. The number of esters is 1. The molecular formula is C11H16N2O3. The maximum atomic E-state index is 11.4. The molecule has 0 aliphatic carbocycles. The van der Waals surface area contributed by atoms with Crippen LogP contribution in [0.4, 0.5) is 0 Å². The van der Waals surface area contributed by atoms with Gasteiger partial charge in [0.1, 0.15) is 0 Å². The summed E-state index contributed by atoms with van der Waals surface area (Å²) in [6.07, 6.45) is 2.51. The van der Waals surface area contributed by atoms with Crippen LogP contribution in [0.5, 0.6) is 0 Å². The number of hydrogen-bond acceptors (Lipinski definition) is 3. The first kappa shape index (κ1) is 12.3. The van der Waals surface area contributed by atoms with Gasteiger partial charge in [0, 0.05) is 31.9 Å². The zero-order valence-electron chi connectivity index (χ0n) is 9.53. The number of nitrogens with one attached hydrogen (secondary N) is 1. The summed E-state index contributed by atoms with van der Waals surface area (Å²) in [7, 11) is 1.59. The molecule has 1 amide bonds.